The van der Waals surface area contributed by atoms with Gasteiger partial charge in [0.15, 0.2) is 5.82 Å². The Morgan fingerprint density at radius 1 is 1.08 bits per heavy atom. The molecular formula is C19H21N3O2. The van der Waals surface area contributed by atoms with Gasteiger partial charge in [0.2, 0.25) is 0 Å². The molecule has 0 radical (unpaired) electrons. The fourth-order valence-corrected chi connectivity index (χ4v) is 3.80. The molecule has 24 heavy (non-hydrogen) atoms. The van der Waals surface area contributed by atoms with Gasteiger partial charge < -0.3 is 9.42 Å². The summed E-state index contributed by atoms with van der Waals surface area (Å²) in [6.45, 7) is 0.899. The van der Waals surface area contributed by atoms with Crippen LogP contribution in [0.4, 0.5) is 0 Å². The molecule has 2 heterocycles. The zero-order valence-corrected chi connectivity index (χ0v) is 13.6. The highest BCUT2D eigenvalue weighted by molar-refractivity contribution is 5.95. The number of rotatable bonds is 4. The maximum atomic E-state index is 12.8. The van der Waals surface area contributed by atoms with E-state index in [-0.39, 0.29) is 5.91 Å². The summed E-state index contributed by atoms with van der Waals surface area (Å²) in [6.07, 6.45) is 7.19. The molecule has 2 aromatic rings. The van der Waals surface area contributed by atoms with Crippen LogP contribution in [0.3, 0.4) is 0 Å². The van der Waals surface area contributed by atoms with Crippen molar-refractivity contribution < 1.29 is 9.32 Å². The molecule has 0 N–H and O–H groups in total. The van der Waals surface area contributed by atoms with Gasteiger partial charge in [-0.15, -0.1) is 0 Å². The molecule has 1 saturated heterocycles. The van der Waals surface area contributed by atoms with Gasteiger partial charge in [-0.05, 0) is 68.7 Å². The zero-order chi connectivity index (χ0) is 16.1. The number of nitrogens with zero attached hydrogens (tertiary/aromatic N) is 3. The van der Waals surface area contributed by atoms with Crippen molar-refractivity contribution in [3.63, 3.8) is 0 Å². The van der Waals surface area contributed by atoms with Gasteiger partial charge in [0.1, 0.15) is 0 Å². The summed E-state index contributed by atoms with van der Waals surface area (Å²) >= 11 is 0. The summed E-state index contributed by atoms with van der Waals surface area (Å²) in [5, 5.41) is 4.05. The van der Waals surface area contributed by atoms with Crippen LogP contribution in [0.2, 0.25) is 0 Å². The maximum absolute atomic E-state index is 12.8. The molecule has 3 aliphatic rings. The quantitative estimate of drug-likeness (QED) is 0.862. The summed E-state index contributed by atoms with van der Waals surface area (Å²) in [4.78, 5) is 19.4. The van der Waals surface area contributed by atoms with Crippen LogP contribution in [0.5, 0.6) is 0 Å². The predicted molar refractivity (Wildman–Crippen MR) is 88.5 cm³/mol. The Morgan fingerprint density at radius 2 is 1.88 bits per heavy atom. The molecule has 3 fully saturated rings. The third kappa shape index (κ3) is 2.52. The van der Waals surface area contributed by atoms with E-state index >= 15 is 0 Å². The van der Waals surface area contributed by atoms with Crippen LogP contribution in [0, 0.1) is 5.92 Å². The average Bonchev–Trinajstić information content (AvgIpc) is 3.55. The molecule has 5 heteroatoms. The van der Waals surface area contributed by atoms with Crippen molar-refractivity contribution in [1.82, 2.24) is 15.0 Å². The lowest BCUT2D eigenvalue weighted by molar-refractivity contribution is 0.0721. The maximum Gasteiger partial charge on any atom is 0.257 e. The Hall–Kier alpha value is -2.17. The molecule has 1 unspecified atom stereocenters. The van der Waals surface area contributed by atoms with Gasteiger partial charge in [-0.3, -0.25) is 4.79 Å². The molecule has 1 aromatic heterocycles. The molecule has 2 saturated carbocycles. The lowest BCUT2D eigenvalue weighted by atomic mass is 10.1. The summed E-state index contributed by atoms with van der Waals surface area (Å²) < 4.78 is 5.35. The van der Waals surface area contributed by atoms with Crippen molar-refractivity contribution in [2.45, 2.75) is 50.5 Å². The Morgan fingerprint density at radius 3 is 2.58 bits per heavy atom. The molecular weight excluding hydrogens is 302 g/mol. The number of aromatic nitrogens is 2. The van der Waals surface area contributed by atoms with Gasteiger partial charge in [0.25, 0.3) is 11.8 Å². The minimum Gasteiger partial charge on any atom is -0.335 e. The SMILES string of the molecule is O=C(c1ccc(-c2nc(C3CC3)no2)cc1)N1CCCC1C1CC1. The van der Waals surface area contributed by atoms with Crippen molar-refractivity contribution in [2.75, 3.05) is 6.54 Å². The summed E-state index contributed by atoms with van der Waals surface area (Å²) in [5.41, 5.74) is 1.64. The molecule has 0 bridgehead atoms. The van der Waals surface area contributed by atoms with Gasteiger partial charge in [-0.1, -0.05) is 5.16 Å². The smallest absolute Gasteiger partial charge is 0.257 e. The first kappa shape index (κ1) is 14.2. The van der Waals surface area contributed by atoms with Crippen LogP contribution >= 0.6 is 0 Å². The number of hydrogen-bond donors (Lipinski definition) is 0. The number of hydrogen-bond acceptors (Lipinski definition) is 4. The largest absolute Gasteiger partial charge is 0.335 e. The number of amides is 1. The van der Waals surface area contributed by atoms with E-state index < -0.39 is 0 Å². The fourth-order valence-electron chi connectivity index (χ4n) is 3.80. The minimum atomic E-state index is 0.167. The molecule has 5 rings (SSSR count). The Bertz CT molecular complexity index is 759. The van der Waals surface area contributed by atoms with E-state index in [1.54, 1.807) is 0 Å². The third-order valence-corrected chi connectivity index (χ3v) is 5.49. The lowest BCUT2D eigenvalue weighted by Gasteiger charge is -2.24. The second-order valence-corrected chi connectivity index (χ2v) is 7.35. The molecule has 1 aromatic carbocycles. The summed E-state index contributed by atoms with van der Waals surface area (Å²) in [5.74, 6) is 2.76. The van der Waals surface area contributed by atoms with E-state index in [9.17, 15) is 4.79 Å². The molecule has 124 valence electrons. The molecule has 0 spiro atoms. The van der Waals surface area contributed by atoms with Crippen LogP contribution in [-0.2, 0) is 0 Å². The number of carbonyl (C=O) groups is 1. The number of benzene rings is 1. The first-order valence-electron chi connectivity index (χ1n) is 9.04. The lowest BCUT2D eigenvalue weighted by Crippen LogP contribution is -2.36. The van der Waals surface area contributed by atoms with Gasteiger partial charge in [0.05, 0.1) is 0 Å². The van der Waals surface area contributed by atoms with E-state index in [1.165, 1.54) is 19.3 Å². The Balaban J connectivity index is 1.34. The van der Waals surface area contributed by atoms with Crippen molar-refractivity contribution >= 4 is 5.91 Å². The highest BCUT2D eigenvalue weighted by Crippen LogP contribution is 2.41. The Kier molecular flexibility index (Phi) is 3.21. The second kappa shape index (κ2) is 5.43. The van der Waals surface area contributed by atoms with E-state index in [0.29, 0.717) is 17.9 Å². The van der Waals surface area contributed by atoms with Crippen LogP contribution in [0.15, 0.2) is 28.8 Å². The van der Waals surface area contributed by atoms with Crippen LogP contribution in [0.1, 0.15) is 60.6 Å². The van der Waals surface area contributed by atoms with Gasteiger partial charge in [0, 0.05) is 29.6 Å². The second-order valence-electron chi connectivity index (χ2n) is 7.35. The summed E-state index contributed by atoms with van der Waals surface area (Å²) in [7, 11) is 0. The summed E-state index contributed by atoms with van der Waals surface area (Å²) in [6, 6.07) is 8.08. The van der Waals surface area contributed by atoms with Crippen LogP contribution < -0.4 is 0 Å². The van der Waals surface area contributed by atoms with Gasteiger partial charge in [-0.25, -0.2) is 0 Å². The van der Waals surface area contributed by atoms with Crippen LogP contribution in [0.25, 0.3) is 11.5 Å². The van der Waals surface area contributed by atoms with Gasteiger partial charge >= 0.3 is 0 Å². The highest BCUT2D eigenvalue weighted by atomic mass is 16.5. The first-order valence-corrected chi connectivity index (χ1v) is 9.04. The topological polar surface area (TPSA) is 59.2 Å². The van der Waals surface area contributed by atoms with E-state index in [0.717, 1.165) is 48.7 Å². The monoisotopic (exact) mass is 323 g/mol. The van der Waals surface area contributed by atoms with E-state index in [1.807, 2.05) is 24.3 Å². The number of carbonyl (C=O) groups excluding carboxylic acids is 1. The van der Waals surface area contributed by atoms with Crippen molar-refractivity contribution in [2.24, 2.45) is 5.92 Å². The molecule has 2 aliphatic carbocycles. The highest BCUT2D eigenvalue weighted by Gasteiger charge is 2.40. The zero-order valence-electron chi connectivity index (χ0n) is 13.6. The molecule has 1 atom stereocenters. The molecule has 1 amide bonds. The minimum absolute atomic E-state index is 0.167. The van der Waals surface area contributed by atoms with Crippen molar-refractivity contribution in [3.05, 3.63) is 35.7 Å². The van der Waals surface area contributed by atoms with E-state index in [4.69, 9.17) is 4.52 Å². The average molecular weight is 323 g/mol. The standard InChI is InChI=1S/C19H21N3O2/c23-19(22-11-1-2-16(22)12-3-4-12)15-9-7-14(8-10-15)18-20-17(21-24-18)13-5-6-13/h7-10,12-13,16H,1-6,11H2. The molecule has 1 aliphatic heterocycles. The van der Waals surface area contributed by atoms with Crippen molar-refractivity contribution in [1.29, 1.82) is 0 Å². The van der Waals surface area contributed by atoms with Crippen molar-refractivity contribution in [3.8, 4) is 11.5 Å². The van der Waals surface area contributed by atoms with Crippen LogP contribution in [-0.4, -0.2) is 33.5 Å². The normalized spacial score (nSPS) is 23.7. The third-order valence-electron chi connectivity index (χ3n) is 5.49. The fraction of sp³-hybridized carbons (Fsp3) is 0.526. The first-order chi connectivity index (χ1) is 11.8. The number of likely N-dealkylation sites (tertiary alicyclic amines) is 1. The predicted octanol–water partition coefficient (Wildman–Crippen LogP) is 3.63. The molecule has 5 nitrogen and oxygen atoms in total. The Labute approximate surface area is 141 Å². The van der Waals surface area contributed by atoms with E-state index in [2.05, 4.69) is 15.0 Å². The van der Waals surface area contributed by atoms with Gasteiger partial charge in [-0.2, -0.15) is 4.98 Å².